The molecular weight excluding hydrogens is 240 g/mol. The zero-order chi connectivity index (χ0) is 14.0. The summed E-state index contributed by atoms with van der Waals surface area (Å²) >= 11 is 0. The van der Waals surface area contributed by atoms with Crippen molar-refractivity contribution in [2.75, 3.05) is 11.1 Å². The smallest absolute Gasteiger partial charge is 0.412 e. The van der Waals surface area contributed by atoms with Crippen LogP contribution < -0.4 is 11.1 Å². The van der Waals surface area contributed by atoms with Crippen molar-refractivity contribution in [1.82, 2.24) is 0 Å². The fourth-order valence-electron chi connectivity index (χ4n) is 1.86. The first-order valence-corrected chi connectivity index (χ1v) is 6.14. The zero-order valence-corrected chi connectivity index (χ0v) is 11.4. The van der Waals surface area contributed by atoms with Crippen LogP contribution in [-0.2, 0) is 4.74 Å². The van der Waals surface area contributed by atoms with Gasteiger partial charge < -0.3 is 10.5 Å². The highest BCUT2D eigenvalue weighted by Crippen LogP contribution is 2.27. The van der Waals surface area contributed by atoms with E-state index in [9.17, 15) is 4.79 Å². The van der Waals surface area contributed by atoms with Crippen LogP contribution in [0.4, 0.5) is 16.2 Å². The maximum absolute atomic E-state index is 11.8. The summed E-state index contributed by atoms with van der Waals surface area (Å²) in [5.41, 5.74) is 6.77. The second kappa shape index (κ2) is 4.80. The standard InChI is InChI=1S/C15H18N2O2/c1-15(2,3)19-14(18)17-13-9-5-6-10-11(13)7-4-8-12(10)16/h4-9H,16H2,1-3H3,(H,17,18). The highest BCUT2D eigenvalue weighted by Gasteiger charge is 2.16. The van der Waals surface area contributed by atoms with Crippen LogP contribution in [0.5, 0.6) is 0 Å². The second-order valence-electron chi connectivity index (χ2n) is 5.37. The van der Waals surface area contributed by atoms with Gasteiger partial charge in [-0.15, -0.1) is 0 Å². The van der Waals surface area contributed by atoms with Crippen LogP contribution in [-0.4, -0.2) is 11.7 Å². The van der Waals surface area contributed by atoms with E-state index in [4.69, 9.17) is 10.5 Å². The van der Waals surface area contributed by atoms with E-state index in [2.05, 4.69) is 5.32 Å². The number of ether oxygens (including phenoxy) is 1. The van der Waals surface area contributed by atoms with Gasteiger partial charge in [-0.25, -0.2) is 4.79 Å². The molecule has 0 heterocycles. The summed E-state index contributed by atoms with van der Waals surface area (Å²) < 4.78 is 5.24. The predicted molar refractivity (Wildman–Crippen MR) is 78.2 cm³/mol. The first kappa shape index (κ1) is 13.2. The first-order valence-electron chi connectivity index (χ1n) is 6.14. The number of amides is 1. The molecule has 0 aliphatic carbocycles. The number of hydrogen-bond acceptors (Lipinski definition) is 3. The van der Waals surface area contributed by atoms with E-state index in [1.807, 2.05) is 57.2 Å². The number of rotatable bonds is 1. The Morgan fingerprint density at radius 3 is 2.42 bits per heavy atom. The second-order valence-corrected chi connectivity index (χ2v) is 5.37. The van der Waals surface area contributed by atoms with Gasteiger partial charge in [0.05, 0.1) is 5.69 Å². The van der Waals surface area contributed by atoms with Crippen LogP contribution >= 0.6 is 0 Å². The molecule has 2 aromatic rings. The Kier molecular flexibility index (Phi) is 3.34. The Hall–Kier alpha value is -2.23. The lowest BCUT2D eigenvalue weighted by molar-refractivity contribution is 0.0636. The molecule has 1 amide bonds. The van der Waals surface area contributed by atoms with Crippen LogP contribution in [0.3, 0.4) is 0 Å². The molecule has 0 radical (unpaired) electrons. The van der Waals surface area contributed by atoms with E-state index < -0.39 is 11.7 Å². The summed E-state index contributed by atoms with van der Waals surface area (Å²) in [5, 5.41) is 4.56. The van der Waals surface area contributed by atoms with Gasteiger partial charge in [0.25, 0.3) is 0 Å². The van der Waals surface area contributed by atoms with E-state index >= 15 is 0 Å². The molecule has 4 heteroatoms. The van der Waals surface area contributed by atoms with Gasteiger partial charge in [-0.05, 0) is 32.9 Å². The highest BCUT2D eigenvalue weighted by molar-refractivity contribution is 6.04. The average Bonchev–Trinajstić information content (AvgIpc) is 2.28. The number of anilines is 2. The Morgan fingerprint density at radius 1 is 1.11 bits per heavy atom. The largest absolute Gasteiger partial charge is 0.444 e. The van der Waals surface area contributed by atoms with Gasteiger partial charge in [-0.3, -0.25) is 5.32 Å². The number of hydrogen-bond donors (Lipinski definition) is 2. The minimum absolute atomic E-state index is 0.470. The normalized spacial score (nSPS) is 11.3. The molecule has 0 aliphatic heterocycles. The molecular formula is C15H18N2O2. The SMILES string of the molecule is CC(C)(C)OC(=O)Nc1cccc2c(N)cccc12. The van der Waals surface area contributed by atoms with Crippen molar-refractivity contribution in [2.24, 2.45) is 0 Å². The zero-order valence-electron chi connectivity index (χ0n) is 11.4. The monoisotopic (exact) mass is 258 g/mol. The third kappa shape index (κ3) is 3.16. The Balaban J connectivity index is 2.31. The van der Waals surface area contributed by atoms with Gasteiger partial charge in [-0.1, -0.05) is 24.3 Å². The number of nitrogens with two attached hydrogens (primary N) is 1. The maximum atomic E-state index is 11.8. The van der Waals surface area contributed by atoms with E-state index in [1.165, 1.54) is 0 Å². The minimum atomic E-state index is -0.520. The average molecular weight is 258 g/mol. The van der Waals surface area contributed by atoms with Gasteiger partial charge in [0.2, 0.25) is 0 Å². The number of nitrogens with one attached hydrogen (secondary N) is 1. The summed E-state index contributed by atoms with van der Waals surface area (Å²) in [6.07, 6.45) is -0.470. The third-order valence-electron chi connectivity index (χ3n) is 2.59. The van der Waals surface area contributed by atoms with Crippen molar-refractivity contribution in [1.29, 1.82) is 0 Å². The number of benzene rings is 2. The molecule has 0 aliphatic rings. The maximum Gasteiger partial charge on any atom is 0.412 e. The lowest BCUT2D eigenvalue weighted by atomic mass is 10.1. The van der Waals surface area contributed by atoms with Crippen molar-refractivity contribution in [2.45, 2.75) is 26.4 Å². The van der Waals surface area contributed by atoms with Gasteiger partial charge in [0.1, 0.15) is 5.60 Å². The number of carbonyl (C=O) groups excluding carboxylic acids is 1. The molecule has 0 saturated heterocycles. The molecule has 0 bridgehead atoms. The number of nitrogen functional groups attached to an aromatic ring is 1. The molecule has 3 N–H and O–H groups in total. The van der Waals surface area contributed by atoms with Gasteiger partial charge >= 0.3 is 6.09 Å². The fraction of sp³-hybridized carbons (Fsp3) is 0.267. The number of carbonyl (C=O) groups is 1. The highest BCUT2D eigenvalue weighted by atomic mass is 16.6. The van der Waals surface area contributed by atoms with Crippen molar-refractivity contribution in [3.05, 3.63) is 36.4 Å². The van der Waals surface area contributed by atoms with Crippen LogP contribution in [0.25, 0.3) is 10.8 Å². The summed E-state index contributed by atoms with van der Waals surface area (Å²) in [5.74, 6) is 0. The molecule has 19 heavy (non-hydrogen) atoms. The summed E-state index contributed by atoms with van der Waals surface area (Å²) in [4.78, 5) is 11.8. The molecule has 0 aromatic heterocycles. The van der Waals surface area contributed by atoms with E-state index in [1.54, 1.807) is 0 Å². The quantitative estimate of drug-likeness (QED) is 0.765. The van der Waals surface area contributed by atoms with E-state index in [0.717, 1.165) is 10.8 Å². The summed E-state index contributed by atoms with van der Waals surface area (Å²) in [7, 11) is 0. The van der Waals surface area contributed by atoms with Crippen molar-refractivity contribution in [3.63, 3.8) is 0 Å². The third-order valence-corrected chi connectivity index (χ3v) is 2.59. The molecule has 0 saturated carbocycles. The predicted octanol–water partition coefficient (Wildman–Crippen LogP) is 3.77. The Bertz CT molecular complexity index is 615. The topological polar surface area (TPSA) is 64.3 Å². The van der Waals surface area contributed by atoms with Crippen LogP contribution in [0.1, 0.15) is 20.8 Å². The molecule has 4 nitrogen and oxygen atoms in total. The van der Waals surface area contributed by atoms with Crippen LogP contribution in [0.2, 0.25) is 0 Å². The van der Waals surface area contributed by atoms with Gasteiger partial charge in [0.15, 0.2) is 0 Å². The van der Waals surface area contributed by atoms with Crippen LogP contribution in [0, 0.1) is 0 Å². The lowest BCUT2D eigenvalue weighted by Gasteiger charge is -2.20. The first-order chi connectivity index (χ1) is 8.87. The Labute approximate surface area is 112 Å². The fourth-order valence-corrected chi connectivity index (χ4v) is 1.86. The number of fused-ring (bicyclic) bond motifs is 1. The van der Waals surface area contributed by atoms with Crippen molar-refractivity contribution >= 4 is 28.2 Å². The van der Waals surface area contributed by atoms with Gasteiger partial charge in [-0.2, -0.15) is 0 Å². The van der Waals surface area contributed by atoms with E-state index in [-0.39, 0.29) is 0 Å². The molecule has 0 atom stereocenters. The molecule has 0 unspecified atom stereocenters. The van der Waals surface area contributed by atoms with E-state index in [0.29, 0.717) is 11.4 Å². The van der Waals surface area contributed by atoms with Crippen molar-refractivity contribution < 1.29 is 9.53 Å². The summed E-state index contributed by atoms with van der Waals surface area (Å²) in [6.45, 7) is 5.48. The summed E-state index contributed by atoms with van der Waals surface area (Å²) in [6, 6.07) is 11.2. The lowest BCUT2D eigenvalue weighted by Crippen LogP contribution is -2.27. The molecule has 0 fully saturated rings. The molecule has 100 valence electrons. The van der Waals surface area contributed by atoms with Gasteiger partial charge in [0, 0.05) is 16.5 Å². The van der Waals surface area contributed by atoms with Crippen molar-refractivity contribution in [3.8, 4) is 0 Å². The minimum Gasteiger partial charge on any atom is -0.444 e. The molecule has 0 spiro atoms. The van der Waals surface area contributed by atoms with Crippen LogP contribution in [0.15, 0.2) is 36.4 Å². The Morgan fingerprint density at radius 2 is 1.74 bits per heavy atom. The molecule has 2 rings (SSSR count). The molecule has 2 aromatic carbocycles.